The molecule has 0 heterocycles. The molecule has 0 unspecified atom stereocenters. The largest absolute Gasteiger partial charge is 0.387 e. The summed E-state index contributed by atoms with van der Waals surface area (Å²) in [5.41, 5.74) is 0.220. The summed E-state index contributed by atoms with van der Waals surface area (Å²) < 4.78 is 26.0. The fraction of sp³-hybridized carbons (Fsp3) is 0.364. The van der Waals surface area contributed by atoms with E-state index in [-0.39, 0.29) is 18.5 Å². The lowest BCUT2D eigenvalue weighted by molar-refractivity contribution is -0.132. The van der Waals surface area contributed by atoms with Gasteiger partial charge in [-0.15, -0.1) is 0 Å². The van der Waals surface area contributed by atoms with E-state index < -0.39 is 24.1 Å². The lowest BCUT2D eigenvalue weighted by Gasteiger charge is -2.15. The van der Waals surface area contributed by atoms with Crippen LogP contribution in [0.25, 0.3) is 0 Å². The molecule has 0 saturated carbocycles. The van der Waals surface area contributed by atoms with Gasteiger partial charge in [0.2, 0.25) is 5.91 Å². The normalized spacial score (nSPS) is 10.2. The van der Waals surface area contributed by atoms with Crippen molar-refractivity contribution in [2.45, 2.75) is 6.42 Å². The van der Waals surface area contributed by atoms with Crippen LogP contribution in [-0.4, -0.2) is 36.1 Å². The maximum atomic E-state index is 13.2. The second-order valence-corrected chi connectivity index (χ2v) is 3.46. The van der Waals surface area contributed by atoms with E-state index in [1.807, 2.05) is 0 Å². The molecule has 0 aliphatic rings. The number of hydrogen-bond acceptors (Lipinski definition) is 2. The van der Waals surface area contributed by atoms with Crippen molar-refractivity contribution in [3.63, 3.8) is 0 Å². The zero-order valence-corrected chi connectivity index (χ0v) is 8.91. The van der Waals surface area contributed by atoms with Crippen molar-refractivity contribution >= 4 is 5.91 Å². The van der Waals surface area contributed by atoms with Gasteiger partial charge in [-0.1, -0.05) is 0 Å². The lowest BCUT2D eigenvalue weighted by Crippen LogP contribution is -2.31. The number of carbonyl (C=O) groups excluding carboxylic acids is 1. The lowest BCUT2D eigenvalue weighted by atomic mass is 10.1. The van der Waals surface area contributed by atoms with Crippen LogP contribution in [0, 0.1) is 11.6 Å². The van der Waals surface area contributed by atoms with Gasteiger partial charge in [0.1, 0.15) is 18.2 Å². The summed E-state index contributed by atoms with van der Waals surface area (Å²) in [7, 11) is 1.50. The molecule has 0 aliphatic carbocycles. The third-order valence-corrected chi connectivity index (χ3v) is 2.29. The van der Waals surface area contributed by atoms with Crippen molar-refractivity contribution < 1.29 is 18.7 Å². The first-order valence-electron chi connectivity index (χ1n) is 4.83. The van der Waals surface area contributed by atoms with Crippen molar-refractivity contribution in [3.8, 4) is 0 Å². The Labute approximate surface area is 92.3 Å². The van der Waals surface area contributed by atoms with E-state index in [1.54, 1.807) is 0 Å². The van der Waals surface area contributed by atoms with E-state index in [2.05, 4.69) is 0 Å². The fourth-order valence-electron chi connectivity index (χ4n) is 1.27. The molecule has 0 spiro atoms. The van der Waals surface area contributed by atoms with Gasteiger partial charge in [0.05, 0.1) is 0 Å². The Balaban J connectivity index is 2.60. The minimum atomic E-state index is -0.581. The number of aliphatic hydroxyl groups is 1. The van der Waals surface area contributed by atoms with E-state index in [0.717, 1.165) is 18.2 Å². The first-order valence-corrected chi connectivity index (χ1v) is 4.83. The second kappa shape index (κ2) is 5.55. The van der Waals surface area contributed by atoms with Crippen molar-refractivity contribution in [3.05, 3.63) is 35.4 Å². The summed E-state index contributed by atoms with van der Waals surface area (Å²) in [6.45, 7) is -0.345. The van der Waals surface area contributed by atoms with Crippen LogP contribution >= 0.6 is 0 Å². The predicted octanol–water partition coefficient (Wildman–Crippen LogP) is 0.958. The summed E-state index contributed by atoms with van der Waals surface area (Å²) >= 11 is 0. The molecule has 3 nitrogen and oxygen atoms in total. The monoisotopic (exact) mass is 229 g/mol. The molecule has 1 rings (SSSR count). The number of halogens is 2. The smallest absolute Gasteiger partial charge is 0.248 e. The van der Waals surface area contributed by atoms with E-state index in [4.69, 9.17) is 5.11 Å². The molecule has 0 fully saturated rings. The van der Waals surface area contributed by atoms with Gasteiger partial charge >= 0.3 is 0 Å². The average molecular weight is 229 g/mol. The number of amides is 1. The number of benzene rings is 1. The molecule has 1 amide bonds. The highest BCUT2D eigenvalue weighted by molar-refractivity contribution is 5.76. The molecule has 0 bridgehead atoms. The van der Waals surface area contributed by atoms with E-state index in [9.17, 15) is 13.6 Å². The second-order valence-electron chi connectivity index (χ2n) is 3.46. The molecule has 0 radical (unpaired) electrons. The van der Waals surface area contributed by atoms with Crippen molar-refractivity contribution in [2.75, 3.05) is 20.2 Å². The highest BCUT2D eigenvalue weighted by atomic mass is 19.1. The Morgan fingerprint density at radius 3 is 2.75 bits per heavy atom. The first-order chi connectivity index (χ1) is 7.54. The number of aliphatic hydroxyl groups excluding tert-OH is 1. The first kappa shape index (κ1) is 12.6. The number of rotatable bonds is 4. The Bertz CT molecular complexity index is 382. The maximum absolute atomic E-state index is 13.2. The standard InChI is InChI=1S/C11H13F2NO2/c1-14(11(16)7-15)5-4-8-6-9(12)2-3-10(8)13/h2-3,6,15H,4-5,7H2,1H3. The Morgan fingerprint density at radius 2 is 2.12 bits per heavy atom. The van der Waals surface area contributed by atoms with Gasteiger partial charge < -0.3 is 10.0 Å². The highest BCUT2D eigenvalue weighted by Crippen LogP contribution is 2.10. The summed E-state index contributed by atoms with van der Waals surface area (Å²) in [4.78, 5) is 12.3. The van der Waals surface area contributed by atoms with Gasteiger partial charge in [0.15, 0.2) is 0 Å². The summed E-state index contributed by atoms with van der Waals surface area (Å²) in [5, 5.41) is 8.58. The maximum Gasteiger partial charge on any atom is 0.248 e. The minimum Gasteiger partial charge on any atom is -0.387 e. The van der Waals surface area contributed by atoms with E-state index in [1.165, 1.54) is 11.9 Å². The molecular formula is C11H13F2NO2. The zero-order valence-electron chi connectivity index (χ0n) is 8.91. The summed E-state index contributed by atoms with van der Waals surface area (Å²) in [6.07, 6.45) is 0.214. The average Bonchev–Trinajstić information content (AvgIpc) is 2.28. The van der Waals surface area contributed by atoms with Gasteiger partial charge in [-0.2, -0.15) is 0 Å². The number of likely N-dealkylation sites (N-methyl/N-ethyl adjacent to an activating group) is 1. The molecule has 16 heavy (non-hydrogen) atoms. The van der Waals surface area contributed by atoms with Crippen molar-refractivity contribution in [1.29, 1.82) is 0 Å². The van der Waals surface area contributed by atoms with Crippen molar-refractivity contribution in [1.82, 2.24) is 4.90 Å². The number of nitrogens with zero attached hydrogens (tertiary/aromatic N) is 1. The molecule has 1 aromatic rings. The highest BCUT2D eigenvalue weighted by Gasteiger charge is 2.09. The molecule has 0 aliphatic heterocycles. The molecule has 88 valence electrons. The molecule has 1 aromatic carbocycles. The SMILES string of the molecule is CN(CCc1cc(F)ccc1F)C(=O)CO. The molecule has 0 saturated heterocycles. The molecule has 0 aromatic heterocycles. The van der Waals surface area contributed by atoms with Crippen LogP contribution in [0.15, 0.2) is 18.2 Å². The van der Waals surface area contributed by atoms with Gasteiger partial charge in [0, 0.05) is 13.6 Å². The van der Waals surface area contributed by atoms with Crippen LogP contribution in [0.1, 0.15) is 5.56 Å². The summed E-state index contributed by atoms with van der Waals surface area (Å²) in [5.74, 6) is -1.45. The van der Waals surface area contributed by atoms with Crippen LogP contribution in [-0.2, 0) is 11.2 Å². The van der Waals surface area contributed by atoms with Gasteiger partial charge in [0.25, 0.3) is 0 Å². The Hall–Kier alpha value is -1.49. The van der Waals surface area contributed by atoms with E-state index in [0.29, 0.717) is 0 Å². The zero-order chi connectivity index (χ0) is 12.1. The van der Waals surface area contributed by atoms with Crippen LogP contribution in [0.2, 0.25) is 0 Å². The van der Waals surface area contributed by atoms with Crippen molar-refractivity contribution in [2.24, 2.45) is 0 Å². The van der Waals surface area contributed by atoms with E-state index >= 15 is 0 Å². The molecule has 1 N–H and O–H groups in total. The van der Waals surface area contributed by atoms with Crippen LogP contribution < -0.4 is 0 Å². The van der Waals surface area contributed by atoms with Gasteiger partial charge in [-0.25, -0.2) is 8.78 Å². The third-order valence-electron chi connectivity index (χ3n) is 2.29. The fourth-order valence-corrected chi connectivity index (χ4v) is 1.27. The molecule has 5 heteroatoms. The predicted molar refractivity (Wildman–Crippen MR) is 54.8 cm³/mol. The molecular weight excluding hydrogens is 216 g/mol. The minimum absolute atomic E-state index is 0.214. The van der Waals surface area contributed by atoms with Crippen LogP contribution in [0.3, 0.4) is 0 Å². The van der Waals surface area contributed by atoms with Gasteiger partial charge in [-0.05, 0) is 30.2 Å². The van der Waals surface area contributed by atoms with Crippen LogP contribution in [0.4, 0.5) is 8.78 Å². The topological polar surface area (TPSA) is 40.5 Å². The Morgan fingerprint density at radius 1 is 1.44 bits per heavy atom. The molecule has 0 atom stereocenters. The Kier molecular flexibility index (Phi) is 4.37. The third kappa shape index (κ3) is 3.27. The number of carbonyl (C=O) groups is 1. The summed E-state index contributed by atoms with van der Waals surface area (Å²) in [6, 6.07) is 3.20. The van der Waals surface area contributed by atoms with Gasteiger partial charge in [-0.3, -0.25) is 4.79 Å². The van der Waals surface area contributed by atoms with Crippen LogP contribution in [0.5, 0.6) is 0 Å². The quantitative estimate of drug-likeness (QED) is 0.835. The number of hydrogen-bond donors (Lipinski definition) is 1.